The highest BCUT2D eigenvalue weighted by Gasteiger charge is 2.18. The molecule has 0 atom stereocenters. The Morgan fingerprint density at radius 1 is 1.32 bits per heavy atom. The third-order valence-corrected chi connectivity index (χ3v) is 4.55. The fourth-order valence-electron chi connectivity index (χ4n) is 2.11. The molecule has 0 aromatic heterocycles. The predicted octanol–water partition coefficient (Wildman–Crippen LogP) is 2.57. The van der Waals surface area contributed by atoms with Gasteiger partial charge in [0, 0.05) is 28.1 Å². The van der Waals surface area contributed by atoms with Crippen LogP contribution in [0.15, 0.2) is 27.1 Å². The molecule has 1 aromatic rings. The molecule has 2 rings (SSSR count). The Bertz CT molecular complexity index is 439. The van der Waals surface area contributed by atoms with Gasteiger partial charge in [0.2, 0.25) is 5.91 Å². The van der Waals surface area contributed by atoms with Crippen LogP contribution in [0.1, 0.15) is 12.8 Å². The van der Waals surface area contributed by atoms with Crippen molar-refractivity contribution in [1.29, 1.82) is 0 Å². The molecule has 4 nitrogen and oxygen atoms in total. The third kappa shape index (κ3) is 4.27. The fourth-order valence-corrected chi connectivity index (χ4v) is 3.31. The number of hydrogen-bond acceptors (Lipinski definition) is 3. The zero-order valence-corrected chi connectivity index (χ0v) is 13.7. The van der Waals surface area contributed by atoms with Crippen molar-refractivity contribution >= 4 is 43.5 Å². The molecule has 1 aliphatic heterocycles. The molecule has 0 unspecified atom stereocenters. The molecule has 0 spiro atoms. The molecule has 19 heavy (non-hydrogen) atoms. The summed E-state index contributed by atoms with van der Waals surface area (Å²) >= 11 is 6.87. The smallest absolute Gasteiger partial charge is 0.238 e. The number of piperidine rings is 1. The summed E-state index contributed by atoms with van der Waals surface area (Å²) in [5, 5.41) is 2.93. The number of rotatable bonds is 3. The molecule has 1 aliphatic rings. The monoisotopic (exact) mass is 389 g/mol. The number of carbonyl (C=O) groups is 1. The zero-order valence-electron chi connectivity index (χ0n) is 10.5. The van der Waals surface area contributed by atoms with Gasteiger partial charge in [-0.15, -0.1) is 0 Å². The first-order valence-electron chi connectivity index (χ1n) is 6.28. The lowest BCUT2D eigenvalue weighted by Crippen LogP contribution is -2.43. The molecule has 1 heterocycles. The van der Waals surface area contributed by atoms with Crippen molar-refractivity contribution in [3.63, 3.8) is 0 Å². The van der Waals surface area contributed by atoms with Crippen LogP contribution in [0.4, 0.5) is 5.69 Å². The molecule has 3 N–H and O–H groups in total. The number of hydrogen-bond donors (Lipinski definition) is 2. The average Bonchev–Trinajstić information content (AvgIpc) is 2.37. The van der Waals surface area contributed by atoms with Crippen molar-refractivity contribution in [2.45, 2.75) is 18.9 Å². The van der Waals surface area contributed by atoms with Crippen LogP contribution in [-0.2, 0) is 4.79 Å². The van der Waals surface area contributed by atoms with Gasteiger partial charge in [-0.1, -0.05) is 6.07 Å². The van der Waals surface area contributed by atoms with Gasteiger partial charge in [0.15, 0.2) is 0 Å². The van der Waals surface area contributed by atoms with Crippen molar-refractivity contribution in [1.82, 2.24) is 4.90 Å². The van der Waals surface area contributed by atoms with Gasteiger partial charge in [-0.05, 0) is 56.8 Å². The summed E-state index contributed by atoms with van der Waals surface area (Å²) in [4.78, 5) is 14.2. The van der Waals surface area contributed by atoms with Gasteiger partial charge in [-0.2, -0.15) is 0 Å². The number of nitrogens with one attached hydrogen (secondary N) is 1. The van der Waals surface area contributed by atoms with E-state index in [-0.39, 0.29) is 11.9 Å². The summed E-state index contributed by atoms with van der Waals surface area (Å²) in [6, 6.07) is 6.01. The molecular formula is C13H17Br2N3O. The van der Waals surface area contributed by atoms with Gasteiger partial charge in [0.1, 0.15) is 0 Å². The molecule has 1 saturated heterocycles. The molecular weight excluding hydrogens is 374 g/mol. The topological polar surface area (TPSA) is 58.4 Å². The average molecular weight is 391 g/mol. The SMILES string of the molecule is NC1CCN(CC(=O)Nc2c(Br)cccc2Br)CC1. The number of likely N-dealkylation sites (tertiary alicyclic amines) is 1. The lowest BCUT2D eigenvalue weighted by molar-refractivity contribution is -0.117. The van der Waals surface area contributed by atoms with Crippen LogP contribution in [0, 0.1) is 0 Å². The predicted molar refractivity (Wildman–Crippen MR) is 84.1 cm³/mol. The van der Waals surface area contributed by atoms with Gasteiger partial charge >= 0.3 is 0 Å². The summed E-state index contributed by atoms with van der Waals surface area (Å²) in [7, 11) is 0. The summed E-state index contributed by atoms with van der Waals surface area (Å²) in [6.07, 6.45) is 1.93. The highest BCUT2D eigenvalue weighted by atomic mass is 79.9. The Balaban J connectivity index is 1.91. The minimum absolute atomic E-state index is 0.00284. The van der Waals surface area contributed by atoms with E-state index in [2.05, 4.69) is 42.1 Å². The highest BCUT2D eigenvalue weighted by Crippen LogP contribution is 2.30. The number of para-hydroxylation sites is 1. The van der Waals surface area contributed by atoms with E-state index in [0.717, 1.165) is 40.6 Å². The maximum atomic E-state index is 12.0. The summed E-state index contributed by atoms with van der Waals surface area (Å²) < 4.78 is 1.74. The number of benzene rings is 1. The van der Waals surface area contributed by atoms with Gasteiger partial charge in [0.05, 0.1) is 12.2 Å². The number of anilines is 1. The van der Waals surface area contributed by atoms with Gasteiger partial charge in [-0.25, -0.2) is 0 Å². The maximum absolute atomic E-state index is 12.0. The lowest BCUT2D eigenvalue weighted by atomic mass is 10.1. The lowest BCUT2D eigenvalue weighted by Gasteiger charge is -2.29. The molecule has 1 amide bonds. The summed E-state index contributed by atoms with van der Waals surface area (Å²) in [6.45, 7) is 2.21. The second-order valence-electron chi connectivity index (χ2n) is 4.76. The largest absolute Gasteiger partial charge is 0.328 e. The second kappa shape index (κ2) is 6.83. The first-order chi connectivity index (χ1) is 9.06. The zero-order chi connectivity index (χ0) is 13.8. The fraction of sp³-hybridized carbons (Fsp3) is 0.462. The number of carbonyl (C=O) groups excluding carboxylic acids is 1. The maximum Gasteiger partial charge on any atom is 0.238 e. The molecule has 1 aromatic carbocycles. The van der Waals surface area contributed by atoms with E-state index in [1.54, 1.807) is 0 Å². The van der Waals surface area contributed by atoms with Crippen molar-refractivity contribution in [3.8, 4) is 0 Å². The van der Waals surface area contributed by atoms with Crippen LogP contribution < -0.4 is 11.1 Å². The van der Waals surface area contributed by atoms with Gasteiger partial charge in [-0.3, -0.25) is 9.69 Å². The molecule has 0 bridgehead atoms. The Hall–Kier alpha value is -0.430. The Kier molecular flexibility index (Phi) is 5.38. The molecule has 6 heteroatoms. The minimum atomic E-state index is 0.00284. The van der Waals surface area contributed by atoms with Crippen molar-refractivity contribution < 1.29 is 4.79 Å². The van der Waals surface area contributed by atoms with Crippen molar-refractivity contribution in [2.24, 2.45) is 5.73 Å². The first-order valence-corrected chi connectivity index (χ1v) is 7.86. The molecule has 0 aliphatic carbocycles. The van der Waals surface area contributed by atoms with E-state index < -0.39 is 0 Å². The van der Waals surface area contributed by atoms with Crippen LogP contribution in [0.5, 0.6) is 0 Å². The van der Waals surface area contributed by atoms with E-state index in [0.29, 0.717) is 6.54 Å². The quantitative estimate of drug-likeness (QED) is 0.833. The summed E-state index contributed by atoms with van der Waals surface area (Å²) in [5.41, 5.74) is 6.63. The minimum Gasteiger partial charge on any atom is -0.328 e. The summed E-state index contributed by atoms with van der Waals surface area (Å²) in [5.74, 6) is 0.00284. The van der Waals surface area contributed by atoms with Crippen LogP contribution >= 0.6 is 31.9 Å². The van der Waals surface area contributed by atoms with Crippen LogP contribution in [0.3, 0.4) is 0 Å². The van der Waals surface area contributed by atoms with Crippen LogP contribution in [0.25, 0.3) is 0 Å². The van der Waals surface area contributed by atoms with Crippen molar-refractivity contribution in [2.75, 3.05) is 25.0 Å². The van der Waals surface area contributed by atoms with E-state index in [4.69, 9.17) is 5.73 Å². The number of halogens is 2. The van der Waals surface area contributed by atoms with Gasteiger partial charge < -0.3 is 11.1 Å². The number of amides is 1. The Morgan fingerprint density at radius 2 is 1.89 bits per heavy atom. The van der Waals surface area contributed by atoms with Gasteiger partial charge in [0.25, 0.3) is 0 Å². The molecule has 0 radical (unpaired) electrons. The van der Waals surface area contributed by atoms with E-state index in [1.165, 1.54) is 0 Å². The standard InChI is InChI=1S/C13H17Br2N3O/c14-10-2-1-3-11(15)13(10)17-12(19)8-18-6-4-9(16)5-7-18/h1-3,9H,4-8,16H2,(H,17,19). The second-order valence-corrected chi connectivity index (χ2v) is 6.47. The third-order valence-electron chi connectivity index (χ3n) is 3.23. The van der Waals surface area contributed by atoms with E-state index in [9.17, 15) is 4.79 Å². The number of nitrogens with two attached hydrogens (primary N) is 1. The first kappa shape index (κ1) is 15.0. The van der Waals surface area contributed by atoms with Crippen molar-refractivity contribution in [3.05, 3.63) is 27.1 Å². The number of nitrogens with zero attached hydrogens (tertiary/aromatic N) is 1. The highest BCUT2D eigenvalue weighted by molar-refractivity contribution is 9.11. The van der Waals surface area contributed by atoms with Crippen LogP contribution in [-0.4, -0.2) is 36.5 Å². The van der Waals surface area contributed by atoms with Crippen LogP contribution in [0.2, 0.25) is 0 Å². The van der Waals surface area contributed by atoms with E-state index >= 15 is 0 Å². The molecule has 104 valence electrons. The molecule has 0 saturated carbocycles. The van der Waals surface area contributed by atoms with E-state index in [1.807, 2.05) is 18.2 Å². The Morgan fingerprint density at radius 3 is 2.47 bits per heavy atom. The Labute approximate surface area is 130 Å². The molecule has 1 fully saturated rings. The normalized spacial score (nSPS) is 17.4.